The van der Waals surface area contributed by atoms with Crippen LogP contribution in [0.5, 0.6) is 0 Å². The van der Waals surface area contributed by atoms with Crippen molar-refractivity contribution in [1.29, 1.82) is 0 Å². The molecule has 16 heavy (non-hydrogen) atoms. The number of benzene rings is 1. The van der Waals surface area contributed by atoms with Crippen molar-refractivity contribution < 1.29 is 5.11 Å². The topological polar surface area (TPSA) is 20.2 Å². The first-order valence-electron chi connectivity index (χ1n) is 4.47. The molecule has 0 fully saturated rings. The van der Waals surface area contributed by atoms with E-state index >= 15 is 0 Å². The summed E-state index contributed by atoms with van der Waals surface area (Å²) in [5.41, 5.74) is 0.689. The molecule has 84 valence electrons. The fourth-order valence-corrected chi connectivity index (χ4v) is 3.34. The van der Waals surface area contributed by atoms with Crippen molar-refractivity contribution in [3.05, 3.63) is 54.6 Å². The van der Waals surface area contributed by atoms with Crippen LogP contribution < -0.4 is 0 Å². The van der Waals surface area contributed by atoms with Gasteiger partial charge in [0.15, 0.2) is 0 Å². The molecule has 0 radical (unpaired) electrons. The van der Waals surface area contributed by atoms with E-state index in [9.17, 15) is 5.11 Å². The van der Waals surface area contributed by atoms with E-state index < -0.39 is 6.10 Å². The minimum absolute atomic E-state index is 0.552. The zero-order valence-electron chi connectivity index (χ0n) is 7.95. The van der Waals surface area contributed by atoms with Crippen LogP contribution in [0.15, 0.2) is 34.1 Å². The second-order valence-electron chi connectivity index (χ2n) is 3.19. The van der Waals surface area contributed by atoms with Crippen LogP contribution in [0.2, 0.25) is 10.0 Å². The Bertz CT molecular complexity index is 493. The predicted octanol–water partition coefficient (Wildman–Crippen LogP) is 4.90. The smallest absolute Gasteiger partial charge is 0.115 e. The molecule has 0 aliphatic carbocycles. The quantitative estimate of drug-likeness (QED) is 0.826. The van der Waals surface area contributed by atoms with E-state index in [1.54, 1.807) is 18.2 Å². The highest BCUT2D eigenvalue weighted by molar-refractivity contribution is 9.11. The lowest BCUT2D eigenvalue weighted by molar-refractivity contribution is 0.224. The van der Waals surface area contributed by atoms with E-state index in [0.717, 1.165) is 8.66 Å². The third kappa shape index (κ3) is 2.44. The van der Waals surface area contributed by atoms with E-state index in [4.69, 9.17) is 23.2 Å². The lowest BCUT2D eigenvalue weighted by atomic mass is 10.1. The molecule has 2 aromatic rings. The van der Waals surface area contributed by atoms with Gasteiger partial charge in [-0.15, -0.1) is 11.3 Å². The summed E-state index contributed by atoms with van der Waals surface area (Å²) in [7, 11) is 0. The van der Waals surface area contributed by atoms with Gasteiger partial charge in [0.25, 0.3) is 0 Å². The fourth-order valence-electron chi connectivity index (χ4n) is 1.35. The number of thiophene rings is 1. The highest BCUT2D eigenvalue weighted by atomic mass is 79.9. The summed E-state index contributed by atoms with van der Waals surface area (Å²) in [5, 5.41) is 11.3. The highest BCUT2D eigenvalue weighted by Crippen LogP contribution is 2.38. The molecule has 1 unspecified atom stereocenters. The van der Waals surface area contributed by atoms with Crippen molar-refractivity contribution in [2.45, 2.75) is 6.10 Å². The number of aliphatic hydroxyl groups is 1. The molecule has 0 spiro atoms. The largest absolute Gasteiger partial charge is 0.383 e. The highest BCUT2D eigenvalue weighted by Gasteiger charge is 2.17. The van der Waals surface area contributed by atoms with Crippen molar-refractivity contribution in [3.8, 4) is 0 Å². The molecule has 0 amide bonds. The number of halogens is 3. The molecule has 0 saturated carbocycles. The predicted molar refractivity (Wildman–Crippen MR) is 72.5 cm³/mol. The maximum Gasteiger partial charge on any atom is 0.115 e. The molecule has 1 aromatic carbocycles. The van der Waals surface area contributed by atoms with Gasteiger partial charge in [-0.3, -0.25) is 0 Å². The minimum atomic E-state index is -0.734. The fraction of sp³-hybridized carbons (Fsp3) is 0.0909. The van der Waals surface area contributed by atoms with E-state index in [1.165, 1.54) is 11.3 Å². The zero-order valence-corrected chi connectivity index (χ0v) is 11.9. The maximum absolute atomic E-state index is 10.2. The summed E-state index contributed by atoms with van der Waals surface area (Å²) < 4.78 is 0.815. The number of rotatable bonds is 2. The second kappa shape index (κ2) is 5.07. The van der Waals surface area contributed by atoms with E-state index in [0.29, 0.717) is 15.6 Å². The van der Waals surface area contributed by atoms with Crippen LogP contribution in [0.1, 0.15) is 16.5 Å². The van der Waals surface area contributed by atoms with Gasteiger partial charge < -0.3 is 5.11 Å². The molecule has 1 heterocycles. The molecular weight excluding hydrogens is 331 g/mol. The monoisotopic (exact) mass is 336 g/mol. The second-order valence-corrected chi connectivity index (χ2v) is 6.41. The standard InChI is InChI=1S/C11H7BrCl2OS/c12-11-8(14)5-9(16-11)10(15)6-3-1-2-4-7(6)13/h1-5,10,15H. The Morgan fingerprint density at radius 3 is 2.44 bits per heavy atom. The Hall–Kier alpha value is -0.0600. The van der Waals surface area contributed by atoms with Crippen LogP contribution in [-0.4, -0.2) is 5.11 Å². The normalized spacial score (nSPS) is 12.8. The summed E-state index contributed by atoms with van der Waals surface area (Å²) in [4.78, 5) is 0.768. The van der Waals surface area contributed by atoms with Crippen molar-refractivity contribution in [2.24, 2.45) is 0 Å². The van der Waals surface area contributed by atoms with E-state index in [1.807, 2.05) is 12.1 Å². The van der Waals surface area contributed by atoms with Crippen LogP contribution in [0.3, 0.4) is 0 Å². The average Bonchev–Trinajstić information content (AvgIpc) is 2.59. The molecule has 0 saturated heterocycles. The van der Waals surface area contributed by atoms with Gasteiger partial charge in [-0.05, 0) is 28.1 Å². The first-order chi connectivity index (χ1) is 7.59. The Morgan fingerprint density at radius 2 is 1.88 bits per heavy atom. The zero-order chi connectivity index (χ0) is 11.7. The lowest BCUT2D eigenvalue weighted by Gasteiger charge is -2.10. The van der Waals surface area contributed by atoms with Gasteiger partial charge in [0.05, 0.1) is 8.81 Å². The molecular formula is C11H7BrCl2OS. The van der Waals surface area contributed by atoms with Gasteiger partial charge in [0.1, 0.15) is 6.10 Å². The van der Waals surface area contributed by atoms with E-state index in [2.05, 4.69) is 15.9 Å². The van der Waals surface area contributed by atoms with Crippen LogP contribution in [0, 0.1) is 0 Å². The van der Waals surface area contributed by atoms with Crippen LogP contribution in [0.25, 0.3) is 0 Å². The summed E-state index contributed by atoms with van der Waals surface area (Å²) in [6.45, 7) is 0. The first-order valence-corrected chi connectivity index (χ1v) is 6.83. The summed E-state index contributed by atoms with van der Waals surface area (Å²) >= 11 is 16.7. The molecule has 0 aliphatic heterocycles. The third-order valence-corrected chi connectivity index (χ3v) is 5.00. The summed E-state index contributed by atoms with van der Waals surface area (Å²) in [6.07, 6.45) is -0.734. The minimum Gasteiger partial charge on any atom is -0.383 e. The average molecular weight is 338 g/mol. The Morgan fingerprint density at radius 1 is 1.19 bits per heavy atom. The van der Waals surface area contributed by atoms with Gasteiger partial charge in [-0.25, -0.2) is 0 Å². The molecule has 1 atom stereocenters. The SMILES string of the molecule is OC(c1cc(Cl)c(Br)s1)c1ccccc1Cl. The Labute approximate surface area is 116 Å². The van der Waals surface area contributed by atoms with Crippen LogP contribution in [-0.2, 0) is 0 Å². The molecule has 1 nitrogen and oxygen atoms in total. The molecule has 1 N–H and O–H groups in total. The van der Waals surface area contributed by atoms with Crippen molar-refractivity contribution >= 4 is 50.5 Å². The van der Waals surface area contributed by atoms with Gasteiger partial charge in [0, 0.05) is 15.5 Å². The van der Waals surface area contributed by atoms with Crippen LogP contribution >= 0.6 is 50.5 Å². The number of aliphatic hydroxyl groups excluding tert-OH is 1. The first kappa shape index (κ1) is 12.4. The number of hydrogen-bond acceptors (Lipinski definition) is 2. The molecule has 1 aromatic heterocycles. The molecule has 2 rings (SSSR count). The summed E-state index contributed by atoms with van der Waals surface area (Å²) in [6, 6.07) is 8.97. The van der Waals surface area contributed by atoms with Gasteiger partial charge in [-0.1, -0.05) is 41.4 Å². The lowest BCUT2D eigenvalue weighted by Crippen LogP contribution is -1.97. The number of hydrogen-bond donors (Lipinski definition) is 1. The maximum atomic E-state index is 10.2. The summed E-state index contributed by atoms with van der Waals surface area (Å²) in [5.74, 6) is 0. The van der Waals surface area contributed by atoms with Crippen LogP contribution in [0.4, 0.5) is 0 Å². The van der Waals surface area contributed by atoms with Crippen molar-refractivity contribution in [1.82, 2.24) is 0 Å². The van der Waals surface area contributed by atoms with Crippen molar-refractivity contribution in [3.63, 3.8) is 0 Å². The Kier molecular flexibility index (Phi) is 3.93. The molecule has 0 aliphatic rings. The molecule has 5 heteroatoms. The molecule has 0 bridgehead atoms. The third-order valence-electron chi connectivity index (χ3n) is 2.13. The van der Waals surface area contributed by atoms with E-state index in [-0.39, 0.29) is 0 Å². The van der Waals surface area contributed by atoms with Crippen molar-refractivity contribution in [2.75, 3.05) is 0 Å². The van der Waals surface area contributed by atoms with Gasteiger partial charge in [-0.2, -0.15) is 0 Å². The van der Waals surface area contributed by atoms with Gasteiger partial charge >= 0.3 is 0 Å². The van der Waals surface area contributed by atoms with Gasteiger partial charge in [0.2, 0.25) is 0 Å². The Balaban J connectivity index is 2.39.